The zero-order valence-corrected chi connectivity index (χ0v) is 18.3. The van der Waals surface area contributed by atoms with Crippen molar-refractivity contribution in [2.75, 3.05) is 26.3 Å². The second kappa shape index (κ2) is 10.4. The minimum absolute atomic E-state index is 0.0617. The molecule has 0 radical (unpaired) electrons. The van der Waals surface area contributed by atoms with Crippen molar-refractivity contribution in [1.82, 2.24) is 4.90 Å². The molecule has 0 saturated heterocycles. The summed E-state index contributed by atoms with van der Waals surface area (Å²) in [7, 11) is 0. The largest absolute Gasteiger partial charge is 0.444 e. The number of hydrogen-bond donors (Lipinski definition) is 0. The standard InChI is InChI=1S/C21H43NO3/c1-10-14-20(8,11-2)15-22(18(23)25-19(5,6)7)16-21(9,12-3)17-24-13-4/h10-17H2,1-9H3. The van der Waals surface area contributed by atoms with Crippen LogP contribution in [0.4, 0.5) is 4.79 Å². The first-order chi connectivity index (χ1) is 11.4. The Kier molecular flexibility index (Phi) is 10.1. The summed E-state index contributed by atoms with van der Waals surface area (Å²) < 4.78 is 11.4. The number of rotatable bonds is 11. The van der Waals surface area contributed by atoms with Crippen molar-refractivity contribution in [3.8, 4) is 0 Å². The number of nitrogens with zero attached hydrogens (tertiary/aromatic N) is 1. The Balaban J connectivity index is 5.40. The smallest absolute Gasteiger partial charge is 0.410 e. The molecule has 4 nitrogen and oxygen atoms in total. The van der Waals surface area contributed by atoms with Gasteiger partial charge in [-0.1, -0.05) is 41.0 Å². The van der Waals surface area contributed by atoms with E-state index in [-0.39, 0.29) is 16.9 Å². The zero-order chi connectivity index (χ0) is 19.7. The van der Waals surface area contributed by atoms with E-state index in [2.05, 4.69) is 34.6 Å². The third-order valence-electron chi connectivity index (χ3n) is 5.01. The van der Waals surface area contributed by atoms with Gasteiger partial charge in [-0.25, -0.2) is 4.79 Å². The quantitative estimate of drug-likeness (QED) is 0.462. The fourth-order valence-electron chi connectivity index (χ4n) is 3.01. The van der Waals surface area contributed by atoms with E-state index in [1.165, 1.54) is 0 Å². The second-order valence-electron chi connectivity index (χ2n) is 9.05. The van der Waals surface area contributed by atoms with Crippen LogP contribution in [-0.2, 0) is 9.47 Å². The van der Waals surface area contributed by atoms with Crippen molar-refractivity contribution < 1.29 is 14.3 Å². The van der Waals surface area contributed by atoms with Crippen LogP contribution in [0.3, 0.4) is 0 Å². The summed E-state index contributed by atoms with van der Waals surface area (Å²) >= 11 is 0. The third-order valence-corrected chi connectivity index (χ3v) is 5.01. The van der Waals surface area contributed by atoms with Crippen LogP contribution in [0.15, 0.2) is 0 Å². The molecule has 0 aliphatic heterocycles. The predicted molar refractivity (Wildman–Crippen MR) is 106 cm³/mol. The van der Waals surface area contributed by atoms with Crippen molar-refractivity contribution in [1.29, 1.82) is 0 Å². The number of carbonyl (C=O) groups excluding carboxylic acids is 1. The van der Waals surface area contributed by atoms with Gasteiger partial charge in [0.15, 0.2) is 0 Å². The van der Waals surface area contributed by atoms with Crippen molar-refractivity contribution in [3.05, 3.63) is 0 Å². The third kappa shape index (κ3) is 9.48. The molecule has 0 fully saturated rings. The maximum Gasteiger partial charge on any atom is 0.410 e. The molecule has 2 atom stereocenters. The van der Waals surface area contributed by atoms with Gasteiger partial charge in [0, 0.05) is 25.1 Å². The molecule has 0 heterocycles. The van der Waals surface area contributed by atoms with Gasteiger partial charge in [-0.3, -0.25) is 0 Å². The van der Waals surface area contributed by atoms with Gasteiger partial charge in [0.05, 0.1) is 6.61 Å². The summed E-state index contributed by atoms with van der Waals surface area (Å²) in [4.78, 5) is 14.8. The van der Waals surface area contributed by atoms with E-state index in [9.17, 15) is 4.79 Å². The zero-order valence-electron chi connectivity index (χ0n) is 18.3. The SMILES string of the molecule is CCCC(C)(CC)CN(CC(C)(CC)COCC)C(=O)OC(C)(C)C. The van der Waals surface area contributed by atoms with Crippen molar-refractivity contribution in [3.63, 3.8) is 0 Å². The van der Waals surface area contributed by atoms with Crippen molar-refractivity contribution in [2.24, 2.45) is 10.8 Å². The van der Waals surface area contributed by atoms with Crippen LogP contribution in [0.25, 0.3) is 0 Å². The molecule has 2 unspecified atom stereocenters. The van der Waals surface area contributed by atoms with Crippen molar-refractivity contribution >= 4 is 6.09 Å². The number of carbonyl (C=O) groups is 1. The van der Waals surface area contributed by atoms with Crippen LogP contribution < -0.4 is 0 Å². The van der Waals surface area contributed by atoms with Crippen LogP contribution in [0.1, 0.15) is 88.0 Å². The number of ether oxygens (including phenoxy) is 2. The lowest BCUT2D eigenvalue weighted by Crippen LogP contribution is -2.48. The Morgan fingerprint density at radius 3 is 1.80 bits per heavy atom. The predicted octanol–water partition coefficient (Wildman–Crippen LogP) is 5.89. The van der Waals surface area contributed by atoms with E-state index >= 15 is 0 Å². The summed E-state index contributed by atoms with van der Waals surface area (Å²) in [6.45, 7) is 21.6. The van der Waals surface area contributed by atoms with Gasteiger partial charge in [0.2, 0.25) is 0 Å². The summed E-state index contributed by atoms with van der Waals surface area (Å²) in [6.07, 6.45) is 4.03. The summed E-state index contributed by atoms with van der Waals surface area (Å²) in [5.41, 5.74) is -0.426. The van der Waals surface area contributed by atoms with E-state index in [4.69, 9.17) is 9.47 Å². The first-order valence-corrected chi connectivity index (χ1v) is 10.00. The summed E-state index contributed by atoms with van der Waals surface area (Å²) in [6, 6.07) is 0. The molecule has 0 aromatic heterocycles. The molecular formula is C21H43NO3. The highest BCUT2D eigenvalue weighted by molar-refractivity contribution is 5.68. The maximum atomic E-state index is 12.9. The van der Waals surface area contributed by atoms with E-state index < -0.39 is 5.60 Å². The average molecular weight is 358 g/mol. The Morgan fingerprint density at radius 2 is 1.40 bits per heavy atom. The van der Waals surface area contributed by atoms with E-state index in [1.807, 2.05) is 32.6 Å². The van der Waals surface area contributed by atoms with Crippen LogP contribution >= 0.6 is 0 Å². The van der Waals surface area contributed by atoms with Gasteiger partial charge < -0.3 is 14.4 Å². The molecular weight excluding hydrogens is 314 g/mol. The van der Waals surface area contributed by atoms with Crippen LogP contribution in [-0.4, -0.2) is 42.9 Å². The molecule has 0 aliphatic carbocycles. The minimum Gasteiger partial charge on any atom is -0.444 e. The molecule has 0 aromatic carbocycles. The summed E-state index contributed by atoms with van der Waals surface area (Å²) in [5, 5.41) is 0. The Hall–Kier alpha value is -0.770. The Bertz CT molecular complexity index is 391. The lowest BCUT2D eigenvalue weighted by atomic mass is 9.81. The molecule has 0 aliphatic rings. The van der Waals surface area contributed by atoms with Gasteiger partial charge in [0.25, 0.3) is 0 Å². The fraction of sp³-hybridized carbons (Fsp3) is 0.952. The molecule has 1 amide bonds. The lowest BCUT2D eigenvalue weighted by molar-refractivity contribution is -0.0101. The van der Waals surface area contributed by atoms with E-state index in [0.717, 1.165) is 32.2 Å². The fourth-order valence-corrected chi connectivity index (χ4v) is 3.01. The molecule has 150 valence electrons. The molecule has 25 heavy (non-hydrogen) atoms. The molecule has 0 spiro atoms. The van der Waals surface area contributed by atoms with E-state index in [1.54, 1.807) is 0 Å². The van der Waals surface area contributed by atoms with Gasteiger partial charge in [-0.15, -0.1) is 0 Å². The van der Waals surface area contributed by atoms with Gasteiger partial charge in [-0.2, -0.15) is 0 Å². The normalized spacial score (nSPS) is 16.8. The highest BCUT2D eigenvalue weighted by Crippen LogP contribution is 2.32. The first kappa shape index (κ1) is 24.2. The highest BCUT2D eigenvalue weighted by atomic mass is 16.6. The maximum absolute atomic E-state index is 12.9. The van der Waals surface area contributed by atoms with Crippen LogP contribution in [0.2, 0.25) is 0 Å². The van der Waals surface area contributed by atoms with Gasteiger partial charge >= 0.3 is 6.09 Å². The van der Waals surface area contributed by atoms with Crippen LogP contribution in [0, 0.1) is 10.8 Å². The van der Waals surface area contributed by atoms with Gasteiger partial charge in [-0.05, 0) is 52.4 Å². The minimum atomic E-state index is -0.481. The number of amides is 1. The topological polar surface area (TPSA) is 38.8 Å². The Labute approximate surface area is 156 Å². The molecule has 0 aromatic rings. The molecule has 0 bridgehead atoms. The molecule has 0 N–H and O–H groups in total. The van der Waals surface area contributed by atoms with E-state index in [0.29, 0.717) is 19.8 Å². The van der Waals surface area contributed by atoms with Crippen LogP contribution in [0.5, 0.6) is 0 Å². The second-order valence-corrected chi connectivity index (χ2v) is 9.05. The van der Waals surface area contributed by atoms with Gasteiger partial charge in [0.1, 0.15) is 5.60 Å². The summed E-state index contributed by atoms with van der Waals surface area (Å²) in [5.74, 6) is 0. The number of hydrogen-bond acceptors (Lipinski definition) is 3. The molecule has 0 rings (SSSR count). The monoisotopic (exact) mass is 357 g/mol. The highest BCUT2D eigenvalue weighted by Gasteiger charge is 2.34. The average Bonchev–Trinajstić information content (AvgIpc) is 2.51. The lowest BCUT2D eigenvalue weighted by Gasteiger charge is -2.40. The van der Waals surface area contributed by atoms with Crippen molar-refractivity contribution in [2.45, 2.75) is 93.6 Å². The molecule has 0 saturated carbocycles. The Morgan fingerprint density at radius 1 is 0.880 bits per heavy atom. The molecule has 4 heteroatoms. The first-order valence-electron chi connectivity index (χ1n) is 10.00.